The quantitative estimate of drug-likeness (QED) is 0.549. The monoisotopic (exact) mass is 476 g/mol. The third kappa shape index (κ3) is 2.59. The third-order valence-corrected chi connectivity index (χ3v) is 10.6. The van der Waals surface area contributed by atoms with Crippen LogP contribution < -0.4 is 9.77 Å². The van der Waals surface area contributed by atoms with Gasteiger partial charge in [0.1, 0.15) is 5.75 Å². The lowest BCUT2D eigenvalue weighted by molar-refractivity contribution is -0.123. The second-order valence-corrected chi connectivity index (χ2v) is 11.6. The number of anilines is 1. The van der Waals surface area contributed by atoms with E-state index < -0.39 is 0 Å². The summed E-state index contributed by atoms with van der Waals surface area (Å²) >= 11 is 2.93. The van der Waals surface area contributed by atoms with E-state index >= 15 is 0 Å². The molecule has 166 valence electrons. The third-order valence-electron chi connectivity index (χ3n) is 7.99. The molecule has 3 fully saturated rings. The van der Waals surface area contributed by atoms with Gasteiger partial charge in [-0.3, -0.25) is 19.3 Å². The number of thioether (sulfide) groups is 1. The molecule has 6 nitrogen and oxygen atoms in total. The first-order valence-electron chi connectivity index (χ1n) is 11.1. The maximum absolute atomic E-state index is 13.6. The molecule has 0 spiro atoms. The van der Waals surface area contributed by atoms with Gasteiger partial charge in [0.05, 0.1) is 22.5 Å². The van der Waals surface area contributed by atoms with Gasteiger partial charge < -0.3 is 10.1 Å². The van der Waals surface area contributed by atoms with Crippen LogP contribution in [0.5, 0.6) is 5.75 Å². The van der Waals surface area contributed by atoms with Gasteiger partial charge >= 0.3 is 4.87 Å². The van der Waals surface area contributed by atoms with Crippen LogP contribution in [0.1, 0.15) is 22.8 Å². The minimum atomic E-state index is -0.304. The fourth-order valence-corrected chi connectivity index (χ4v) is 9.79. The second-order valence-electron chi connectivity index (χ2n) is 9.40. The molecule has 2 aliphatic carbocycles. The summed E-state index contributed by atoms with van der Waals surface area (Å²) in [5.74, 6) is -0.213. The lowest BCUT2D eigenvalue weighted by atomic mass is 9.68. The fourth-order valence-electron chi connectivity index (χ4n) is 6.90. The lowest BCUT2D eigenvalue weighted by Crippen LogP contribution is -2.42. The predicted octanol–water partition coefficient (Wildman–Crippen LogP) is 3.82. The first-order chi connectivity index (χ1) is 16.0. The molecule has 2 amide bonds. The van der Waals surface area contributed by atoms with Crippen LogP contribution in [0.2, 0.25) is 0 Å². The van der Waals surface area contributed by atoms with Crippen molar-refractivity contribution in [1.29, 1.82) is 0 Å². The molecule has 3 heterocycles. The van der Waals surface area contributed by atoms with E-state index in [1.807, 2.05) is 42.5 Å². The number of H-pyrrole nitrogens is 1. The molecule has 1 aromatic heterocycles. The maximum Gasteiger partial charge on any atom is 0.305 e. The average molecular weight is 477 g/mol. The number of rotatable bonds is 2. The van der Waals surface area contributed by atoms with Gasteiger partial charge in [0.2, 0.25) is 11.8 Å². The SMILES string of the molecule is O=C1[C@@H]2[C@H]3C[C@H]([C@@H]4Sc5[nH]c(=O)sc5[C@@H](c5ccc(O)cc5)[C@H]34)[C@@H]2C(=O)N1c1ccccc1. The number of aromatic amines is 1. The van der Waals surface area contributed by atoms with Gasteiger partial charge in [-0.05, 0) is 54.0 Å². The molecular weight excluding hydrogens is 456 g/mol. The Labute approximate surface area is 197 Å². The largest absolute Gasteiger partial charge is 0.508 e. The van der Waals surface area contributed by atoms with Crippen LogP contribution in [-0.4, -0.2) is 27.2 Å². The zero-order valence-electron chi connectivity index (χ0n) is 17.4. The number of phenols is 1. The van der Waals surface area contributed by atoms with Crippen molar-refractivity contribution in [1.82, 2.24) is 4.98 Å². The number of carbonyl (C=O) groups excluding carboxylic acids is 2. The van der Waals surface area contributed by atoms with Gasteiger partial charge in [0.15, 0.2) is 0 Å². The van der Waals surface area contributed by atoms with E-state index in [-0.39, 0.29) is 63.2 Å². The number of aromatic nitrogens is 1. The first kappa shape index (κ1) is 19.6. The summed E-state index contributed by atoms with van der Waals surface area (Å²) in [4.78, 5) is 44.8. The van der Waals surface area contributed by atoms with E-state index in [1.54, 1.807) is 23.9 Å². The summed E-state index contributed by atoms with van der Waals surface area (Å²) in [6.07, 6.45) is 0.867. The van der Waals surface area contributed by atoms with E-state index in [4.69, 9.17) is 0 Å². The van der Waals surface area contributed by atoms with Crippen LogP contribution in [-0.2, 0) is 9.59 Å². The van der Waals surface area contributed by atoms with Gasteiger partial charge in [-0.15, -0.1) is 11.8 Å². The number of benzene rings is 2. The molecule has 2 bridgehead atoms. The van der Waals surface area contributed by atoms with Crippen LogP contribution in [0.4, 0.5) is 5.69 Å². The van der Waals surface area contributed by atoms with Crippen LogP contribution in [0.15, 0.2) is 64.4 Å². The number of phenolic OH excluding ortho intramolecular Hbond substituents is 1. The van der Waals surface area contributed by atoms with Crippen molar-refractivity contribution in [3.8, 4) is 5.75 Å². The highest BCUT2D eigenvalue weighted by atomic mass is 32.2. The Morgan fingerprint density at radius 1 is 0.909 bits per heavy atom. The Morgan fingerprint density at radius 2 is 1.61 bits per heavy atom. The number of imide groups is 1. The Bertz CT molecular complexity index is 1350. The summed E-state index contributed by atoms with van der Waals surface area (Å²) < 4.78 is 0. The molecule has 4 aliphatic rings. The maximum atomic E-state index is 13.6. The zero-order chi connectivity index (χ0) is 22.4. The fraction of sp³-hybridized carbons (Fsp3) is 0.320. The first-order valence-corrected chi connectivity index (χ1v) is 12.8. The summed E-state index contributed by atoms with van der Waals surface area (Å²) in [5, 5.41) is 10.9. The van der Waals surface area contributed by atoms with Crippen LogP contribution in [0, 0.1) is 29.6 Å². The topological polar surface area (TPSA) is 90.5 Å². The predicted molar refractivity (Wildman–Crippen MR) is 126 cm³/mol. The molecule has 2 aliphatic heterocycles. The highest BCUT2D eigenvalue weighted by molar-refractivity contribution is 8.00. The smallest absolute Gasteiger partial charge is 0.305 e. The van der Waals surface area contributed by atoms with Crippen molar-refractivity contribution in [3.63, 3.8) is 0 Å². The standard InChI is InChI=1S/C25H20N2O4S2/c28-13-8-6-11(7-9-13)16-17-14-10-15(20(17)32-22-21(16)33-25(31)26-22)19-18(14)23(29)27(24(19)30)12-4-2-1-3-5-12/h1-9,14-20,28H,10H2,(H,26,31)/t14-,15-,16-,17-,18+,19-,20-/m0/s1. The number of thiazole rings is 1. The number of nitrogens with zero attached hydrogens (tertiary/aromatic N) is 1. The number of hydrogen-bond acceptors (Lipinski definition) is 6. The van der Waals surface area contributed by atoms with Crippen molar-refractivity contribution in [3.05, 3.63) is 74.7 Å². The molecule has 8 heteroatoms. The average Bonchev–Trinajstić information content (AvgIpc) is 3.54. The molecule has 7 rings (SSSR count). The van der Waals surface area contributed by atoms with Crippen molar-refractivity contribution in [2.45, 2.75) is 22.6 Å². The van der Waals surface area contributed by atoms with E-state index in [1.165, 1.54) is 16.2 Å². The summed E-state index contributed by atoms with van der Waals surface area (Å²) in [6.45, 7) is 0. The lowest BCUT2D eigenvalue weighted by Gasteiger charge is -2.43. The van der Waals surface area contributed by atoms with Crippen molar-refractivity contribution < 1.29 is 14.7 Å². The summed E-state index contributed by atoms with van der Waals surface area (Å²) in [6, 6.07) is 16.4. The number of amides is 2. The molecule has 7 atom stereocenters. The molecule has 3 aromatic rings. The Hall–Kier alpha value is -2.84. The van der Waals surface area contributed by atoms with Gasteiger partial charge in [-0.2, -0.15) is 0 Å². The minimum absolute atomic E-state index is 0.0274. The number of carbonyl (C=O) groups is 2. The highest BCUT2D eigenvalue weighted by Crippen LogP contribution is 2.68. The molecule has 1 saturated heterocycles. The molecular formula is C25H20N2O4S2. The van der Waals surface area contributed by atoms with E-state index in [9.17, 15) is 19.5 Å². The highest BCUT2D eigenvalue weighted by Gasteiger charge is 2.69. The number of nitrogens with one attached hydrogen (secondary N) is 1. The van der Waals surface area contributed by atoms with E-state index in [2.05, 4.69) is 4.98 Å². The van der Waals surface area contributed by atoms with Crippen molar-refractivity contribution in [2.24, 2.45) is 29.6 Å². The Morgan fingerprint density at radius 3 is 2.33 bits per heavy atom. The van der Waals surface area contributed by atoms with Gasteiger partial charge in [0.25, 0.3) is 0 Å². The van der Waals surface area contributed by atoms with Crippen molar-refractivity contribution in [2.75, 3.05) is 4.90 Å². The minimum Gasteiger partial charge on any atom is -0.508 e. The van der Waals surface area contributed by atoms with Crippen LogP contribution in [0.3, 0.4) is 0 Å². The number of para-hydroxylation sites is 1. The Kier molecular flexibility index (Phi) is 4.06. The zero-order valence-corrected chi connectivity index (χ0v) is 19.0. The van der Waals surface area contributed by atoms with E-state index in [0.29, 0.717) is 5.69 Å². The Balaban J connectivity index is 1.34. The van der Waals surface area contributed by atoms with Gasteiger partial charge in [0, 0.05) is 16.0 Å². The molecule has 2 N–H and O–H groups in total. The normalized spacial score (nSPS) is 33.8. The molecule has 2 saturated carbocycles. The van der Waals surface area contributed by atoms with Gasteiger partial charge in [-0.1, -0.05) is 41.7 Å². The van der Waals surface area contributed by atoms with E-state index in [0.717, 1.165) is 21.9 Å². The molecule has 0 radical (unpaired) electrons. The molecule has 33 heavy (non-hydrogen) atoms. The van der Waals surface area contributed by atoms with Gasteiger partial charge in [-0.25, -0.2) is 0 Å². The van der Waals surface area contributed by atoms with Crippen LogP contribution >= 0.6 is 23.1 Å². The summed E-state index contributed by atoms with van der Waals surface area (Å²) in [7, 11) is 0. The number of fused-ring (bicyclic) bond motifs is 9. The summed E-state index contributed by atoms with van der Waals surface area (Å²) in [5.41, 5.74) is 1.69. The molecule has 2 aromatic carbocycles. The van der Waals surface area contributed by atoms with Crippen molar-refractivity contribution >= 4 is 40.6 Å². The number of hydrogen-bond donors (Lipinski definition) is 2. The van der Waals surface area contributed by atoms with Crippen LogP contribution in [0.25, 0.3) is 0 Å². The second kappa shape index (κ2) is 6.84. The number of aromatic hydroxyl groups is 1. The molecule has 0 unspecified atom stereocenters.